The van der Waals surface area contributed by atoms with Gasteiger partial charge in [-0.3, -0.25) is 4.79 Å². The van der Waals surface area contributed by atoms with Crippen molar-refractivity contribution in [3.8, 4) is 11.5 Å². The van der Waals surface area contributed by atoms with Gasteiger partial charge in [0.2, 0.25) is 15.9 Å². The first-order valence-corrected chi connectivity index (χ1v) is 11.7. The second-order valence-electron chi connectivity index (χ2n) is 7.12. The summed E-state index contributed by atoms with van der Waals surface area (Å²) >= 11 is 5.95. The van der Waals surface area contributed by atoms with E-state index in [0.29, 0.717) is 26.2 Å². The zero-order chi connectivity index (χ0) is 22.6. The quantitative estimate of drug-likeness (QED) is 0.672. The SMILES string of the molecule is COc1ccccc1N1CCN(C(=O)[C@H](C)NS(=O)(=O)c2cc(Cl)ccc2OC)CC1. The molecule has 10 heteroatoms. The molecule has 0 saturated carbocycles. The molecule has 0 aromatic heterocycles. The van der Waals surface area contributed by atoms with Crippen LogP contribution in [0, 0.1) is 0 Å². The van der Waals surface area contributed by atoms with Crippen LogP contribution in [0.3, 0.4) is 0 Å². The molecule has 31 heavy (non-hydrogen) atoms. The molecule has 1 saturated heterocycles. The van der Waals surface area contributed by atoms with E-state index in [2.05, 4.69) is 9.62 Å². The number of rotatable bonds is 7. The zero-order valence-corrected chi connectivity index (χ0v) is 19.2. The van der Waals surface area contributed by atoms with Crippen molar-refractivity contribution in [3.05, 3.63) is 47.5 Å². The Kier molecular flexibility index (Phi) is 7.30. The minimum absolute atomic E-state index is 0.108. The average molecular weight is 468 g/mol. The van der Waals surface area contributed by atoms with Crippen LogP contribution in [0.2, 0.25) is 5.02 Å². The molecule has 1 heterocycles. The Labute approximate surface area is 187 Å². The Morgan fingerprint density at radius 1 is 1.03 bits per heavy atom. The number of amides is 1. The number of carbonyl (C=O) groups excluding carboxylic acids is 1. The molecule has 0 bridgehead atoms. The largest absolute Gasteiger partial charge is 0.495 e. The van der Waals surface area contributed by atoms with Gasteiger partial charge in [-0.1, -0.05) is 23.7 Å². The first-order valence-electron chi connectivity index (χ1n) is 9.79. The Morgan fingerprint density at radius 3 is 2.32 bits per heavy atom. The fourth-order valence-electron chi connectivity index (χ4n) is 3.54. The molecule has 2 aromatic carbocycles. The van der Waals surface area contributed by atoms with Gasteiger partial charge in [-0.05, 0) is 37.3 Å². The molecule has 1 atom stereocenters. The lowest BCUT2D eigenvalue weighted by Crippen LogP contribution is -2.54. The Hall–Kier alpha value is -2.49. The molecule has 1 amide bonds. The maximum absolute atomic E-state index is 12.9. The topological polar surface area (TPSA) is 88.2 Å². The van der Waals surface area contributed by atoms with Gasteiger partial charge < -0.3 is 19.3 Å². The lowest BCUT2D eigenvalue weighted by Gasteiger charge is -2.37. The van der Waals surface area contributed by atoms with E-state index in [-0.39, 0.29) is 21.6 Å². The van der Waals surface area contributed by atoms with Crippen LogP contribution in [0.25, 0.3) is 0 Å². The van der Waals surface area contributed by atoms with Gasteiger partial charge in [-0.15, -0.1) is 0 Å². The number of piperazine rings is 1. The number of ether oxygens (including phenoxy) is 2. The predicted octanol–water partition coefficient (Wildman–Crippen LogP) is 2.37. The maximum atomic E-state index is 12.9. The van der Waals surface area contributed by atoms with Crippen LogP contribution in [0.15, 0.2) is 47.4 Å². The third kappa shape index (κ3) is 5.23. The molecule has 1 N–H and O–H groups in total. The summed E-state index contributed by atoms with van der Waals surface area (Å²) in [6, 6.07) is 11.1. The van der Waals surface area contributed by atoms with Crippen LogP contribution in [-0.2, 0) is 14.8 Å². The number of halogens is 1. The van der Waals surface area contributed by atoms with Crippen molar-refractivity contribution in [1.29, 1.82) is 0 Å². The molecule has 168 valence electrons. The minimum atomic E-state index is -4.01. The van der Waals surface area contributed by atoms with Gasteiger partial charge in [-0.2, -0.15) is 4.72 Å². The summed E-state index contributed by atoms with van der Waals surface area (Å²) in [7, 11) is -1.01. The summed E-state index contributed by atoms with van der Waals surface area (Å²) in [5.74, 6) is 0.644. The number of benzene rings is 2. The highest BCUT2D eigenvalue weighted by atomic mass is 35.5. The van der Waals surface area contributed by atoms with Crippen molar-refractivity contribution >= 4 is 33.2 Å². The number of nitrogens with one attached hydrogen (secondary N) is 1. The molecule has 1 fully saturated rings. The number of methoxy groups -OCH3 is 2. The Bertz CT molecular complexity index is 1040. The van der Waals surface area contributed by atoms with Gasteiger partial charge in [0.05, 0.1) is 25.9 Å². The molecule has 1 aliphatic rings. The summed E-state index contributed by atoms with van der Waals surface area (Å²) in [4.78, 5) is 16.6. The van der Waals surface area contributed by atoms with E-state index < -0.39 is 16.1 Å². The van der Waals surface area contributed by atoms with Crippen molar-refractivity contribution in [1.82, 2.24) is 9.62 Å². The third-order valence-electron chi connectivity index (χ3n) is 5.13. The molecule has 8 nitrogen and oxygen atoms in total. The number of nitrogens with zero attached hydrogens (tertiary/aromatic N) is 2. The van der Waals surface area contributed by atoms with Gasteiger partial charge in [-0.25, -0.2) is 8.42 Å². The lowest BCUT2D eigenvalue weighted by atomic mass is 10.2. The number of sulfonamides is 1. The van der Waals surface area contributed by atoms with Gasteiger partial charge in [0.1, 0.15) is 16.4 Å². The van der Waals surface area contributed by atoms with Crippen LogP contribution in [-0.4, -0.2) is 65.7 Å². The molecule has 1 aliphatic heterocycles. The van der Waals surface area contributed by atoms with E-state index in [4.69, 9.17) is 21.1 Å². The summed E-state index contributed by atoms with van der Waals surface area (Å²) in [6.07, 6.45) is 0. The van der Waals surface area contributed by atoms with Gasteiger partial charge >= 0.3 is 0 Å². The fraction of sp³-hybridized carbons (Fsp3) is 0.381. The minimum Gasteiger partial charge on any atom is -0.495 e. The van der Waals surface area contributed by atoms with E-state index in [1.54, 1.807) is 12.0 Å². The van der Waals surface area contributed by atoms with E-state index in [0.717, 1.165) is 11.4 Å². The van der Waals surface area contributed by atoms with Crippen LogP contribution < -0.4 is 19.1 Å². The predicted molar refractivity (Wildman–Crippen MR) is 120 cm³/mol. The lowest BCUT2D eigenvalue weighted by molar-refractivity contribution is -0.132. The molecule has 2 aromatic rings. The van der Waals surface area contributed by atoms with Gasteiger partial charge in [0.15, 0.2) is 0 Å². The summed E-state index contributed by atoms with van der Waals surface area (Å²) in [5.41, 5.74) is 0.971. The van der Waals surface area contributed by atoms with Crippen molar-refractivity contribution < 1.29 is 22.7 Å². The number of hydrogen-bond donors (Lipinski definition) is 1. The van der Waals surface area contributed by atoms with E-state index >= 15 is 0 Å². The van der Waals surface area contributed by atoms with Crippen molar-refractivity contribution in [3.63, 3.8) is 0 Å². The van der Waals surface area contributed by atoms with E-state index in [1.165, 1.54) is 32.2 Å². The molecular formula is C21H26ClN3O5S. The number of para-hydroxylation sites is 2. The Balaban J connectivity index is 1.65. The summed E-state index contributed by atoms with van der Waals surface area (Å²) in [5, 5.41) is 0.257. The van der Waals surface area contributed by atoms with Crippen LogP contribution in [0.4, 0.5) is 5.69 Å². The van der Waals surface area contributed by atoms with Gasteiger partial charge in [0.25, 0.3) is 0 Å². The monoisotopic (exact) mass is 467 g/mol. The third-order valence-corrected chi connectivity index (χ3v) is 6.93. The molecular weight excluding hydrogens is 442 g/mol. The van der Waals surface area contributed by atoms with Crippen LogP contribution in [0.5, 0.6) is 11.5 Å². The number of hydrogen-bond acceptors (Lipinski definition) is 6. The normalized spacial score (nSPS) is 15.5. The molecule has 3 rings (SSSR count). The summed E-state index contributed by atoms with van der Waals surface area (Å²) in [6.45, 7) is 3.72. The highest BCUT2D eigenvalue weighted by molar-refractivity contribution is 7.89. The van der Waals surface area contributed by atoms with Crippen molar-refractivity contribution in [2.45, 2.75) is 17.9 Å². The highest BCUT2D eigenvalue weighted by Gasteiger charge is 2.30. The van der Waals surface area contributed by atoms with E-state index in [1.807, 2.05) is 24.3 Å². The van der Waals surface area contributed by atoms with Crippen molar-refractivity contribution in [2.75, 3.05) is 45.3 Å². The van der Waals surface area contributed by atoms with E-state index in [9.17, 15) is 13.2 Å². The second-order valence-corrected chi connectivity index (χ2v) is 9.24. The molecule has 0 spiro atoms. The first-order chi connectivity index (χ1) is 14.8. The maximum Gasteiger partial charge on any atom is 0.245 e. The first kappa shape index (κ1) is 23.2. The molecule has 0 unspecified atom stereocenters. The molecule has 0 aliphatic carbocycles. The average Bonchev–Trinajstić information content (AvgIpc) is 2.78. The number of carbonyl (C=O) groups is 1. The molecule has 0 radical (unpaired) electrons. The number of anilines is 1. The zero-order valence-electron chi connectivity index (χ0n) is 17.7. The standard InChI is InChI=1S/C21H26ClN3O5S/c1-15(23-31(27,28)20-14-16(22)8-9-19(20)30-3)21(26)25-12-10-24(11-13-25)17-6-4-5-7-18(17)29-2/h4-9,14-15,23H,10-13H2,1-3H3/t15-/m0/s1. The van der Waals surface area contributed by atoms with Crippen LogP contribution >= 0.6 is 11.6 Å². The Morgan fingerprint density at radius 2 is 1.68 bits per heavy atom. The van der Waals surface area contributed by atoms with Crippen LogP contribution in [0.1, 0.15) is 6.92 Å². The fourth-order valence-corrected chi connectivity index (χ4v) is 5.17. The summed E-state index contributed by atoms with van der Waals surface area (Å²) < 4.78 is 38.6. The van der Waals surface area contributed by atoms with Gasteiger partial charge in [0, 0.05) is 31.2 Å². The highest BCUT2D eigenvalue weighted by Crippen LogP contribution is 2.29. The smallest absolute Gasteiger partial charge is 0.245 e. The second kappa shape index (κ2) is 9.76. The van der Waals surface area contributed by atoms with Crippen molar-refractivity contribution in [2.24, 2.45) is 0 Å².